The van der Waals surface area contributed by atoms with E-state index < -0.39 is 0 Å². The van der Waals surface area contributed by atoms with Gasteiger partial charge in [0.1, 0.15) is 24.0 Å². The van der Waals surface area contributed by atoms with E-state index in [1.807, 2.05) is 78.9 Å². The number of hydrogen-bond donors (Lipinski definition) is 1. The summed E-state index contributed by atoms with van der Waals surface area (Å²) in [6.45, 7) is 2.60. The lowest BCUT2D eigenvalue weighted by molar-refractivity contribution is -0.162. The van der Waals surface area contributed by atoms with Gasteiger partial charge in [0.25, 0.3) is 6.02 Å². The van der Waals surface area contributed by atoms with Crippen LogP contribution in [0.5, 0.6) is 5.75 Å². The van der Waals surface area contributed by atoms with Gasteiger partial charge in [0.15, 0.2) is 0 Å². The standard InChI is InChI=1S/C37H40N2O5/c1-40-32-19-17-27(18-20-32)22-38-37-39-34-33(44-37)21-31(26-41-23-28-11-5-2-6-12-28)35(42-24-29-13-7-3-8-14-29)36(34)43-25-30-15-9-4-10-16-30/h2-20,31,33-36H,21-26H2,1H3,(H,38,39)/t31-,33+,34-,35-,36-/m1/s1. The van der Waals surface area contributed by atoms with Crippen LogP contribution in [0.2, 0.25) is 0 Å². The zero-order valence-electron chi connectivity index (χ0n) is 25.1. The number of amidine groups is 1. The number of methoxy groups -OCH3 is 1. The van der Waals surface area contributed by atoms with Crippen molar-refractivity contribution < 1.29 is 23.7 Å². The quantitative estimate of drug-likeness (QED) is 0.196. The van der Waals surface area contributed by atoms with Gasteiger partial charge in [0, 0.05) is 12.5 Å². The first kappa shape index (κ1) is 29.9. The highest BCUT2D eigenvalue weighted by Gasteiger charge is 2.50. The molecule has 228 valence electrons. The molecular weight excluding hydrogens is 552 g/mol. The Morgan fingerprint density at radius 1 is 0.682 bits per heavy atom. The molecule has 0 spiro atoms. The largest absolute Gasteiger partial charge is 0.497 e. The molecule has 1 heterocycles. The lowest BCUT2D eigenvalue weighted by Gasteiger charge is -2.42. The van der Waals surface area contributed by atoms with Crippen molar-refractivity contribution in [2.45, 2.75) is 57.1 Å². The van der Waals surface area contributed by atoms with Crippen LogP contribution >= 0.6 is 0 Å². The summed E-state index contributed by atoms with van der Waals surface area (Å²) < 4.78 is 31.5. The summed E-state index contributed by atoms with van der Waals surface area (Å²) >= 11 is 0. The zero-order chi connectivity index (χ0) is 30.0. The summed E-state index contributed by atoms with van der Waals surface area (Å²) in [5.41, 5.74) is 4.48. The smallest absolute Gasteiger partial charge is 0.285 e. The van der Waals surface area contributed by atoms with Gasteiger partial charge in [-0.1, -0.05) is 103 Å². The molecule has 1 aliphatic carbocycles. The summed E-state index contributed by atoms with van der Waals surface area (Å²) in [6.07, 6.45) is 0.0602. The van der Waals surface area contributed by atoms with Crippen molar-refractivity contribution in [3.8, 4) is 5.75 Å². The van der Waals surface area contributed by atoms with Crippen LogP contribution in [0.3, 0.4) is 0 Å². The van der Waals surface area contributed by atoms with Crippen molar-refractivity contribution in [2.75, 3.05) is 13.7 Å². The van der Waals surface area contributed by atoms with Crippen LogP contribution < -0.4 is 10.1 Å². The zero-order valence-corrected chi connectivity index (χ0v) is 25.1. The van der Waals surface area contributed by atoms with E-state index in [4.69, 9.17) is 28.7 Å². The maximum absolute atomic E-state index is 6.72. The molecule has 0 aromatic heterocycles. The number of hydrogen-bond acceptors (Lipinski definition) is 7. The first-order valence-electron chi connectivity index (χ1n) is 15.3. The van der Waals surface area contributed by atoms with Crippen LogP contribution in [0.4, 0.5) is 0 Å². The lowest BCUT2D eigenvalue weighted by Crippen LogP contribution is -2.55. The maximum atomic E-state index is 6.72. The van der Waals surface area contributed by atoms with Gasteiger partial charge in [-0.15, -0.1) is 0 Å². The molecule has 6 rings (SSSR count). The highest BCUT2D eigenvalue weighted by Crippen LogP contribution is 2.37. The first-order valence-corrected chi connectivity index (χ1v) is 15.3. The van der Waals surface area contributed by atoms with Gasteiger partial charge in [-0.3, -0.25) is 0 Å². The highest BCUT2D eigenvalue weighted by molar-refractivity contribution is 5.76. The molecule has 2 aliphatic rings. The molecule has 0 bridgehead atoms. The van der Waals surface area contributed by atoms with Gasteiger partial charge >= 0.3 is 0 Å². The molecule has 1 fully saturated rings. The molecule has 1 N–H and O–H groups in total. The molecule has 0 radical (unpaired) electrons. The van der Waals surface area contributed by atoms with Crippen LogP contribution in [0, 0.1) is 5.92 Å². The van der Waals surface area contributed by atoms with Crippen LogP contribution in [0.1, 0.15) is 28.7 Å². The molecule has 7 nitrogen and oxygen atoms in total. The third-order valence-corrected chi connectivity index (χ3v) is 8.19. The monoisotopic (exact) mass is 592 g/mol. The lowest BCUT2D eigenvalue weighted by atomic mass is 9.79. The second-order valence-electron chi connectivity index (χ2n) is 11.3. The average molecular weight is 593 g/mol. The fourth-order valence-electron chi connectivity index (χ4n) is 5.86. The first-order chi connectivity index (χ1) is 21.7. The third kappa shape index (κ3) is 7.85. The summed E-state index contributed by atoms with van der Waals surface area (Å²) in [4.78, 5) is 5.03. The SMILES string of the molecule is COc1ccc(CNC2=N[C@H]3[C@@H](OCc4ccccc4)[C@H](OCc4ccccc4)[C@@H](COCc4ccccc4)C[C@@H]3O2)cc1. The molecule has 1 saturated carbocycles. The molecule has 5 atom stereocenters. The van der Waals surface area contributed by atoms with Gasteiger partial charge < -0.3 is 29.0 Å². The van der Waals surface area contributed by atoms with E-state index in [0.717, 1.165) is 34.4 Å². The Hall–Kier alpha value is -4.17. The van der Waals surface area contributed by atoms with Crippen molar-refractivity contribution in [1.29, 1.82) is 0 Å². The summed E-state index contributed by atoms with van der Waals surface area (Å²) in [5, 5.41) is 3.40. The predicted octanol–water partition coefficient (Wildman–Crippen LogP) is 6.32. The van der Waals surface area contributed by atoms with Crippen LogP contribution in [-0.4, -0.2) is 44.1 Å². The number of fused-ring (bicyclic) bond motifs is 1. The van der Waals surface area contributed by atoms with E-state index in [0.29, 0.717) is 39.0 Å². The number of nitrogens with one attached hydrogen (secondary N) is 1. The van der Waals surface area contributed by atoms with Gasteiger partial charge in [0.2, 0.25) is 0 Å². The molecule has 0 amide bonds. The van der Waals surface area contributed by atoms with Gasteiger partial charge in [0.05, 0.1) is 39.6 Å². The van der Waals surface area contributed by atoms with Crippen LogP contribution in [0.15, 0.2) is 120 Å². The molecule has 7 heteroatoms. The summed E-state index contributed by atoms with van der Waals surface area (Å²) in [6, 6.07) is 39.1. The number of ether oxygens (including phenoxy) is 5. The van der Waals surface area contributed by atoms with E-state index in [1.165, 1.54) is 0 Å². The number of aliphatic imine (C=N–C) groups is 1. The van der Waals surface area contributed by atoms with E-state index >= 15 is 0 Å². The Labute approximate surface area is 259 Å². The van der Waals surface area contributed by atoms with Gasteiger partial charge in [-0.25, -0.2) is 4.99 Å². The maximum Gasteiger partial charge on any atom is 0.285 e. The molecular formula is C37H40N2O5. The fraction of sp³-hybridized carbons (Fsp3) is 0.324. The summed E-state index contributed by atoms with van der Waals surface area (Å²) in [5.74, 6) is 0.885. The van der Waals surface area contributed by atoms with Crippen molar-refractivity contribution in [3.05, 3.63) is 138 Å². The van der Waals surface area contributed by atoms with Gasteiger partial charge in [-0.05, 0) is 40.8 Å². The van der Waals surface area contributed by atoms with E-state index in [1.54, 1.807) is 7.11 Å². The highest BCUT2D eigenvalue weighted by atomic mass is 16.6. The van der Waals surface area contributed by atoms with Crippen molar-refractivity contribution in [3.63, 3.8) is 0 Å². The Morgan fingerprint density at radius 2 is 1.25 bits per heavy atom. The molecule has 0 saturated heterocycles. The topological polar surface area (TPSA) is 70.5 Å². The molecule has 4 aromatic rings. The number of nitrogens with zero attached hydrogens (tertiary/aromatic N) is 1. The Balaban J connectivity index is 1.21. The Bertz CT molecular complexity index is 1450. The second-order valence-corrected chi connectivity index (χ2v) is 11.3. The van der Waals surface area contributed by atoms with Crippen molar-refractivity contribution >= 4 is 6.02 Å². The molecule has 0 unspecified atom stereocenters. The van der Waals surface area contributed by atoms with E-state index in [2.05, 4.69) is 41.7 Å². The van der Waals surface area contributed by atoms with Gasteiger partial charge in [-0.2, -0.15) is 0 Å². The Kier molecular flexibility index (Phi) is 10.2. The minimum absolute atomic E-state index is 0.0561. The van der Waals surface area contributed by atoms with Crippen LogP contribution in [-0.2, 0) is 45.3 Å². The summed E-state index contributed by atoms with van der Waals surface area (Å²) in [7, 11) is 1.67. The minimum atomic E-state index is -0.316. The average Bonchev–Trinajstić information content (AvgIpc) is 3.50. The second kappa shape index (κ2) is 15.0. The van der Waals surface area contributed by atoms with Crippen LogP contribution in [0.25, 0.3) is 0 Å². The number of rotatable bonds is 13. The predicted molar refractivity (Wildman–Crippen MR) is 170 cm³/mol. The fourth-order valence-corrected chi connectivity index (χ4v) is 5.86. The molecule has 1 aliphatic heterocycles. The third-order valence-electron chi connectivity index (χ3n) is 8.19. The molecule has 4 aromatic carbocycles. The minimum Gasteiger partial charge on any atom is -0.497 e. The molecule has 44 heavy (non-hydrogen) atoms. The Morgan fingerprint density at radius 3 is 1.84 bits per heavy atom. The van der Waals surface area contributed by atoms with E-state index in [9.17, 15) is 0 Å². The van der Waals surface area contributed by atoms with Crippen molar-refractivity contribution in [2.24, 2.45) is 10.9 Å². The number of benzene rings is 4. The normalized spacial score (nSPS) is 22.5. The van der Waals surface area contributed by atoms with E-state index in [-0.39, 0.29) is 30.3 Å². The van der Waals surface area contributed by atoms with Crippen molar-refractivity contribution in [1.82, 2.24) is 5.32 Å².